The highest BCUT2D eigenvalue weighted by Gasteiger charge is 2.50. The maximum atomic E-state index is 10.1. The van der Waals surface area contributed by atoms with Crippen LogP contribution in [0.15, 0.2) is 0 Å². The van der Waals surface area contributed by atoms with Crippen molar-refractivity contribution in [3.63, 3.8) is 0 Å². The molecular weight excluding hydrogens is 182 g/mol. The number of hydrogen-bond donors (Lipinski definition) is 4. The van der Waals surface area contributed by atoms with Crippen LogP contribution in [0.4, 0.5) is 0 Å². The Bertz CT molecular complexity index is 182. The maximum absolute atomic E-state index is 10.1. The molecule has 0 aliphatic heterocycles. The number of aliphatic hydroxyl groups is 3. The fraction of sp³-hybridized carbons (Fsp3) is 1.00. The van der Waals surface area contributed by atoms with E-state index in [0.717, 1.165) is 0 Å². The molecule has 0 saturated heterocycles. The molecule has 0 amide bonds. The van der Waals surface area contributed by atoms with E-state index in [0.29, 0.717) is 19.4 Å². The number of nitrogens with two attached hydrogens (primary N) is 1. The van der Waals surface area contributed by atoms with E-state index in [1.165, 1.54) is 27.7 Å². The predicted molar refractivity (Wildman–Crippen MR) is 55.8 cm³/mol. The molecular formula is C10H23NO3. The van der Waals surface area contributed by atoms with E-state index >= 15 is 0 Å². The van der Waals surface area contributed by atoms with E-state index < -0.39 is 16.8 Å². The van der Waals surface area contributed by atoms with Gasteiger partial charge in [-0.3, -0.25) is 0 Å². The summed E-state index contributed by atoms with van der Waals surface area (Å²) in [5, 5.41) is 29.8. The van der Waals surface area contributed by atoms with Gasteiger partial charge in [-0.25, -0.2) is 0 Å². The lowest BCUT2D eigenvalue weighted by Crippen LogP contribution is -2.62. The van der Waals surface area contributed by atoms with Gasteiger partial charge in [0.15, 0.2) is 0 Å². The summed E-state index contributed by atoms with van der Waals surface area (Å²) in [4.78, 5) is 0. The monoisotopic (exact) mass is 205 g/mol. The van der Waals surface area contributed by atoms with Gasteiger partial charge in [0.2, 0.25) is 0 Å². The summed E-state index contributed by atoms with van der Waals surface area (Å²) in [7, 11) is 0. The van der Waals surface area contributed by atoms with Gasteiger partial charge in [-0.2, -0.15) is 0 Å². The van der Waals surface area contributed by atoms with E-state index in [1.807, 2.05) is 0 Å². The standard InChI is InChI=1S/C10H23NO3/c1-8(2,12)10(4,14)9(3,13)6-5-7-11/h12-14H,5-7,11H2,1-4H3. The second-order valence-electron chi connectivity index (χ2n) is 4.80. The minimum Gasteiger partial charge on any atom is -0.387 e. The van der Waals surface area contributed by atoms with Crippen LogP contribution < -0.4 is 5.73 Å². The Hall–Kier alpha value is -0.160. The Labute approximate surface area is 85.7 Å². The fourth-order valence-electron chi connectivity index (χ4n) is 1.35. The van der Waals surface area contributed by atoms with E-state index in [-0.39, 0.29) is 0 Å². The molecule has 0 fully saturated rings. The molecule has 2 unspecified atom stereocenters. The molecule has 14 heavy (non-hydrogen) atoms. The molecule has 0 aromatic heterocycles. The van der Waals surface area contributed by atoms with Crippen molar-refractivity contribution in [2.75, 3.05) is 6.54 Å². The van der Waals surface area contributed by atoms with E-state index in [1.54, 1.807) is 0 Å². The quantitative estimate of drug-likeness (QED) is 0.509. The zero-order valence-electron chi connectivity index (χ0n) is 9.54. The van der Waals surface area contributed by atoms with Gasteiger partial charge in [0.1, 0.15) is 5.60 Å². The summed E-state index contributed by atoms with van der Waals surface area (Å²) in [6.07, 6.45) is 0.972. The highest BCUT2D eigenvalue weighted by Crippen LogP contribution is 2.35. The lowest BCUT2D eigenvalue weighted by atomic mass is 9.72. The van der Waals surface area contributed by atoms with Crippen LogP contribution in [0.1, 0.15) is 40.5 Å². The van der Waals surface area contributed by atoms with Crippen LogP contribution in [0.3, 0.4) is 0 Å². The molecule has 2 atom stereocenters. The van der Waals surface area contributed by atoms with Crippen molar-refractivity contribution in [3.05, 3.63) is 0 Å². The first kappa shape index (κ1) is 13.8. The second kappa shape index (κ2) is 4.14. The normalized spacial score (nSPS) is 21.4. The van der Waals surface area contributed by atoms with Crippen LogP contribution in [0.5, 0.6) is 0 Å². The molecule has 0 aliphatic rings. The molecule has 0 aromatic rings. The van der Waals surface area contributed by atoms with Crippen LogP contribution >= 0.6 is 0 Å². The van der Waals surface area contributed by atoms with Crippen molar-refractivity contribution >= 4 is 0 Å². The van der Waals surface area contributed by atoms with Crippen molar-refractivity contribution in [2.45, 2.75) is 57.3 Å². The average molecular weight is 205 g/mol. The molecule has 4 heteroatoms. The van der Waals surface area contributed by atoms with Gasteiger partial charge < -0.3 is 21.1 Å². The largest absolute Gasteiger partial charge is 0.387 e. The minimum atomic E-state index is -1.56. The Balaban J connectivity index is 4.69. The fourth-order valence-corrected chi connectivity index (χ4v) is 1.35. The van der Waals surface area contributed by atoms with E-state index in [4.69, 9.17) is 5.73 Å². The van der Waals surface area contributed by atoms with Gasteiger partial charge >= 0.3 is 0 Å². The van der Waals surface area contributed by atoms with Gasteiger partial charge in [-0.05, 0) is 47.1 Å². The summed E-state index contributed by atoms with van der Waals surface area (Å²) >= 11 is 0. The van der Waals surface area contributed by atoms with Crippen molar-refractivity contribution < 1.29 is 15.3 Å². The summed E-state index contributed by atoms with van der Waals surface area (Å²) in [6, 6.07) is 0. The summed E-state index contributed by atoms with van der Waals surface area (Å²) < 4.78 is 0. The molecule has 0 saturated carbocycles. The molecule has 4 nitrogen and oxygen atoms in total. The first-order chi connectivity index (χ1) is 6.06. The third-order valence-corrected chi connectivity index (χ3v) is 3.11. The first-order valence-electron chi connectivity index (χ1n) is 4.93. The van der Waals surface area contributed by atoms with Gasteiger partial charge in [-0.1, -0.05) is 0 Å². The average Bonchev–Trinajstić information content (AvgIpc) is 1.98. The Morgan fingerprint density at radius 2 is 1.43 bits per heavy atom. The van der Waals surface area contributed by atoms with Crippen LogP contribution in [0, 0.1) is 0 Å². The first-order valence-corrected chi connectivity index (χ1v) is 4.93. The third-order valence-electron chi connectivity index (χ3n) is 3.11. The molecule has 0 radical (unpaired) electrons. The van der Waals surface area contributed by atoms with Gasteiger partial charge in [-0.15, -0.1) is 0 Å². The van der Waals surface area contributed by atoms with Gasteiger partial charge in [0.05, 0.1) is 11.2 Å². The third kappa shape index (κ3) is 2.67. The minimum absolute atomic E-state index is 0.362. The van der Waals surface area contributed by atoms with Crippen LogP contribution in [0.2, 0.25) is 0 Å². The van der Waals surface area contributed by atoms with E-state index in [2.05, 4.69) is 0 Å². The SMILES string of the molecule is CC(C)(O)C(C)(O)C(C)(O)CCCN. The van der Waals surface area contributed by atoms with E-state index in [9.17, 15) is 15.3 Å². The maximum Gasteiger partial charge on any atom is 0.118 e. The smallest absolute Gasteiger partial charge is 0.118 e. The highest BCUT2D eigenvalue weighted by atomic mass is 16.4. The van der Waals surface area contributed by atoms with Gasteiger partial charge in [0.25, 0.3) is 0 Å². The van der Waals surface area contributed by atoms with Crippen molar-refractivity contribution in [3.8, 4) is 0 Å². The Kier molecular flexibility index (Phi) is 4.10. The zero-order chi connectivity index (χ0) is 11.6. The van der Waals surface area contributed by atoms with Gasteiger partial charge in [0, 0.05) is 0 Å². The number of rotatable bonds is 5. The predicted octanol–water partition coefficient (Wildman–Crippen LogP) is -0.00180. The summed E-state index contributed by atoms with van der Waals surface area (Å²) in [6.45, 7) is 6.36. The molecule has 5 N–H and O–H groups in total. The molecule has 0 spiro atoms. The molecule has 0 aliphatic carbocycles. The molecule has 0 rings (SSSR count). The molecule has 86 valence electrons. The topological polar surface area (TPSA) is 86.7 Å². The van der Waals surface area contributed by atoms with Crippen LogP contribution in [0.25, 0.3) is 0 Å². The molecule has 0 heterocycles. The summed E-state index contributed by atoms with van der Waals surface area (Å²) in [5.74, 6) is 0. The number of hydrogen-bond acceptors (Lipinski definition) is 4. The van der Waals surface area contributed by atoms with Crippen LogP contribution in [-0.4, -0.2) is 38.7 Å². The second-order valence-corrected chi connectivity index (χ2v) is 4.80. The lowest BCUT2D eigenvalue weighted by molar-refractivity contribution is -0.221. The Morgan fingerprint density at radius 3 is 1.71 bits per heavy atom. The lowest BCUT2D eigenvalue weighted by Gasteiger charge is -2.46. The Morgan fingerprint density at radius 1 is 1.00 bits per heavy atom. The van der Waals surface area contributed by atoms with Crippen molar-refractivity contribution in [1.29, 1.82) is 0 Å². The highest BCUT2D eigenvalue weighted by molar-refractivity contribution is 5.03. The molecule has 0 aromatic carbocycles. The van der Waals surface area contributed by atoms with Crippen molar-refractivity contribution in [1.82, 2.24) is 0 Å². The zero-order valence-corrected chi connectivity index (χ0v) is 9.54. The summed E-state index contributed by atoms with van der Waals surface area (Å²) in [5.41, 5.74) is 1.07. The van der Waals surface area contributed by atoms with Crippen LogP contribution in [-0.2, 0) is 0 Å². The molecule has 0 bridgehead atoms. The van der Waals surface area contributed by atoms with Crippen molar-refractivity contribution in [2.24, 2.45) is 5.73 Å².